The number of nitrogens with one attached hydrogen (secondary N) is 1. The minimum atomic E-state index is -0.725. The van der Waals surface area contributed by atoms with Crippen LogP contribution in [0.25, 0.3) is 0 Å². The smallest absolute Gasteiger partial charge is 0.239 e. The number of para-hydroxylation sites is 1. The highest BCUT2D eigenvalue weighted by molar-refractivity contribution is 5.85. The highest BCUT2D eigenvalue weighted by Crippen LogP contribution is 2.19. The van der Waals surface area contributed by atoms with Crippen molar-refractivity contribution in [2.24, 2.45) is 5.73 Å². The summed E-state index contributed by atoms with van der Waals surface area (Å²) < 4.78 is 0. The van der Waals surface area contributed by atoms with Crippen LogP contribution in [-0.4, -0.2) is 32.1 Å². The SMILES string of the molecule is CNC(C)(CN(C)c1ccccc1C)C(N)=O. The third-order valence-electron chi connectivity index (χ3n) is 3.18. The molecule has 1 amide bonds. The molecule has 1 unspecified atom stereocenters. The summed E-state index contributed by atoms with van der Waals surface area (Å²) in [6, 6.07) is 8.07. The number of anilines is 1. The van der Waals surface area contributed by atoms with Crippen molar-refractivity contribution in [2.45, 2.75) is 19.4 Å². The molecule has 1 rings (SSSR count). The van der Waals surface area contributed by atoms with Gasteiger partial charge in [0.2, 0.25) is 5.91 Å². The van der Waals surface area contributed by atoms with E-state index in [0.29, 0.717) is 6.54 Å². The lowest BCUT2D eigenvalue weighted by Gasteiger charge is -2.32. The average molecular weight is 235 g/mol. The number of aryl methyl sites for hydroxylation is 1. The van der Waals surface area contributed by atoms with Crippen LogP contribution >= 0.6 is 0 Å². The molecular formula is C13H21N3O. The summed E-state index contributed by atoms with van der Waals surface area (Å²) in [6.45, 7) is 4.39. The van der Waals surface area contributed by atoms with Gasteiger partial charge in [0.25, 0.3) is 0 Å². The van der Waals surface area contributed by atoms with E-state index in [2.05, 4.69) is 5.32 Å². The van der Waals surface area contributed by atoms with Gasteiger partial charge in [-0.05, 0) is 32.5 Å². The van der Waals surface area contributed by atoms with Crippen LogP contribution in [0, 0.1) is 6.92 Å². The summed E-state index contributed by atoms with van der Waals surface area (Å²) in [6.07, 6.45) is 0. The fourth-order valence-corrected chi connectivity index (χ4v) is 1.83. The molecule has 0 bridgehead atoms. The van der Waals surface area contributed by atoms with Gasteiger partial charge in [-0.2, -0.15) is 0 Å². The Bertz CT molecular complexity index is 405. The molecule has 0 fully saturated rings. The number of nitrogens with zero attached hydrogens (tertiary/aromatic N) is 1. The van der Waals surface area contributed by atoms with Crippen LogP contribution in [0.1, 0.15) is 12.5 Å². The lowest BCUT2D eigenvalue weighted by atomic mass is 10.0. The van der Waals surface area contributed by atoms with E-state index in [1.807, 2.05) is 50.1 Å². The summed E-state index contributed by atoms with van der Waals surface area (Å²) in [5, 5.41) is 2.98. The van der Waals surface area contributed by atoms with Crippen molar-refractivity contribution in [2.75, 3.05) is 25.5 Å². The second-order valence-electron chi connectivity index (χ2n) is 4.59. The largest absolute Gasteiger partial charge is 0.372 e. The van der Waals surface area contributed by atoms with Crippen molar-refractivity contribution >= 4 is 11.6 Å². The van der Waals surface area contributed by atoms with E-state index in [0.717, 1.165) is 5.69 Å². The zero-order valence-corrected chi connectivity index (χ0v) is 10.9. The molecule has 0 aromatic heterocycles. The summed E-state index contributed by atoms with van der Waals surface area (Å²) in [5.41, 5.74) is 6.98. The Morgan fingerprint density at radius 1 is 1.47 bits per heavy atom. The maximum absolute atomic E-state index is 11.4. The quantitative estimate of drug-likeness (QED) is 0.797. The minimum Gasteiger partial charge on any atom is -0.372 e. The second-order valence-corrected chi connectivity index (χ2v) is 4.59. The number of nitrogens with two attached hydrogens (primary N) is 1. The topological polar surface area (TPSA) is 58.4 Å². The first-order chi connectivity index (χ1) is 7.90. The number of rotatable bonds is 5. The van der Waals surface area contributed by atoms with Crippen molar-refractivity contribution in [3.05, 3.63) is 29.8 Å². The number of carbonyl (C=O) groups excluding carboxylic acids is 1. The molecular weight excluding hydrogens is 214 g/mol. The number of amides is 1. The van der Waals surface area contributed by atoms with Gasteiger partial charge in [-0.3, -0.25) is 4.79 Å². The van der Waals surface area contributed by atoms with E-state index >= 15 is 0 Å². The Morgan fingerprint density at radius 2 is 2.06 bits per heavy atom. The van der Waals surface area contributed by atoms with E-state index in [9.17, 15) is 4.79 Å². The third kappa shape index (κ3) is 2.97. The lowest BCUT2D eigenvalue weighted by Crippen LogP contribution is -2.58. The maximum atomic E-state index is 11.4. The lowest BCUT2D eigenvalue weighted by molar-refractivity contribution is -0.123. The van der Waals surface area contributed by atoms with Gasteiger partial charge in [0.05, 0.1) is 0 Å². The van der Waals surface area contributed by atoms with Crippen LogP contribution in [0.4, 0.5) is 5.69 Å². The van der Waals surface area contributed by atoms with Crippen LogP contribution in [0.3, 0.4) is 0 Å². The van der Waals surface area contributed by atoms with Gasteiger partial charge in [0.15, 0.2) is 0 Å². The van der Waals surface area contributed by atoms with Crippen LogP contribution in [0.5, 0.6) is 0 Å². The molecule has 0 aliphatic carbocycles. The fraction of sp³-hybridized carbons (Fsp3) is 0.462. The van der Waals surface area contributed by atoms with E-state index in [-0.39, 0.29) is 5.91 Å². The van der Waals surface area contributed by atoms with Crippen molar-refractivity contribution in [3.63, 3.8) is 0 Å². The van der Waals surface area contributed by atoms with E-state index < -0.39 is 5.54 Å². The Balaban J connectivity index is 2.89. The van der Waals surface area contributed by atoms with E-state index in [4.69, 9.17) is 5.73 Å². The van der Waals surface area contributed by atoms with E-state index in [1.165, 1.54) is 5.56 Å². The molecule has 1 aromatic rings. The molecule has 0 aliphatic rings. The second kappa shape index (κ2) is 5.19. The molecule has 3 N–H and O–H groups in total. The molecule has 0 aliphatic heterocycles. The third-order valence-corrected chi connectivity index (χ3v) is 3.18. The number of primary amides is 1. The molecule has 1 aromatic carbocycles. The molecule has 0 heterocycles. The molecule has 1 atom stereocenters. The highest BCUT2D eigenvalue weighted by Gasteiger charge is 2.30. The molecule has 0 spiro atoms. The van der Waals surface area contributed by atoms with Crippen LogP contribution in [-0.2, 0) is 4.79 Å². The standard InChI is InChI=1S/C13H21N3O/c1-10-7-5-6-8-11(10)16(4)9-13(2,15-3)12(14)17/h5-8,15H,9H2,1-4H3,(H2,14,17). The van der Waals surface area contributed by atoms with Gasteiger partial charge >= 0.3 is 0 Å². The van der Waals surface area contributed by atoms with Gasteiger partial charge < -0.3 is 16.0 Å². The molecule has 94 valence electrons. The number of benzene rings is 1. The highest BCUT2D eigenvalue weighted by atomic mass is 16.1. The van der Waals surface area contributed by atoms with Gasteiger partial charge in [-0.1, -0.05) is 18.2 Å². The molecule has 4 nitrogen and oxygen atoms in total. The Hall–Kier alpha value is -1.55. The average Bonchev–Trinajstić information content (AvgIpc) is 2.29. The molecule has 0 saturated heterocycles. The number of hydrogen-bond acceptors (Lipinski definition) is 3. The first-order valence-electron chi connectivity index (χ1n) is 5.66. The Labute approximate surface area is 103 Å². The maximum Gasteiger partial charge on any atom is 0.239 e. The number of hydrogen-bond donors (Lipinski definition) is 2. The summed E-state index contributed by atoms with van der Waals surface area (Å²) in [7, 11) is 3.71. The van der Waals surface area contributed by atoms with Crippen LogP contribution < -0.4 is 16.0 Å². The summed E-state index contributed by atoms with van der Waals surface area (Å²) >= 11 is 0. The summed E-state index contributed by atoms with van der Waals surface area (Å²) in [5.74, 6) is -0.347. The zero-order chi connectivity index (χ0) is 13.1. The van der Waals surface area contributed by atoms with Gasteiger partial charge in [0.1, 0.15) is 5.54 Å². The predicted octanol–water partition coefficient (Wildman–Crippen LogP) is 0.895. The monoisotopic (exact) mass is 235 g/mol. The van der Waals surface area contributed by atoms with Gasteiger partial charge in [-0.15, -0.1) is 0 Å². The first kappa shape index (κ1) is 13.5. The number of likely N-dealkylation sites (N-methyl/N-ethyl adjacent to an activating group) is 2. The van der Waals surface area contributed by atoms with Crippen molar-refractivity contribution < 1.29 is 4.79 Å². The van der Waals surface area contributed by atoms with Crippen molar-refractivity contribution in [3.8, 4) is 0 Å². The molecule has 0 radical (unpaired) electrons. The van der Waals surface area contributed by atoms with Gasteiger partial charge in [-0.25, -0.2) is 0 Å². The fourth-order valence-electron chi connectivity index (χ4n) is 1.83. The molecule has 4 heteroatoms. The minimum absolute atomic E-state index is 0.347. The van der Waals surface area contributed by atoms with Crippen molar-refractivity contribution in [1.29, 1.82) is 0 Å². The normalized spacial score (nSPS) is 14.1. The van der Waals surface area contributed by atoms with Gasteiger partial charge in [0, 0.05) is 19.3 Å². The van der Waals surface area contributed by atoms with Crippen molar-refractivity contribution in [1.82, 2.24) is 5.32 Å². The Morgan fingerprint density at radius 3 is 2.53 bits per heavy atom. The summed E-state index contributed by atoms with van der Waals surface area (Å²) in [4.78, 5) is 13.5. The predicted molar refractivity (Wildman–Crippen MR) is 71.1 cm³/mol. The van der Waals surface area contributed by atoms with E-state index in [1.54, 1.807) is 7.05 Å². The Kier molecular flexibility index (Phi) is 4.12. The first-order valence-corrected chi connectivity index (χ1v) is 5.66. The number of carbonyl (C=O) groups is 1. The zero-order valence-electron chi connectivity index (χ0n) is 10.9. The van der Waals surface area contributed by atoms with Crippen LogP contribution in [0.2, 0.25) is 0 Å². The molecule has 0 saturated carbocycles. The van der Waals surface area contributed by atoms with Crippen LogP contribution in [0.15, 0.2) is 24.3 Å². The molecule has 17 heavy (non-hydrogen) atoms.